The van der Waals surface area contributed by atoms with E-state index in [1.54, 1.807) is 0 Å². The second kappa shape index (κ2) is 5.46. The van der Waals surface area contributed by atoms with Gasteiger partial charge in [0.15, 0.2) is 0 Å². The summed E-state index contributed by atoms with van der Waals surface area (Å²) >= 11 is 3.46. The first-order valence-corrected chi connectivity index (χ1v) is 5.91. The number of nitrogens with zero attached hydrogens (tertiary/aromatic N) is 1. The van der Waals surface area contributed by atoms with Crippen molar-refractivity contribution < 1.29 is 4.79 Å². The van der Waals surface area contributed by atoms with E-state index in [0.717, 1.165) is 15.7 Å². The molecule has 0 bridgehead atoms. The second-order valence-electron chi connectivity index (χ2n) is 4.22. The molecule has 1 amide bonds. The summed E-state index contributed by atoms with van der Waals surface area (Å²) in [6, 6.07) is 4.05. The Morgan fingerprint density at radius 3 is 2.50 bits per heavy atom. The lowest BCUT2D eigenvalue weighted by molar-refractivity contribution is -0.116. The third kappa shape index (κ3) is 3.61. The minimum Gasteiger partial charge on any atom is -0.324 e. The van der Waals surface area contributed by atoms with Crippen molar-refractivity contribution in [3.05, 3.63) is 27.7 Å². The van der Waals surface area contributed by atoms with Crippen LogP contribution >= 0.6 is 15.9 Å². The van der Waals surface area contributed by atoms with Gasteiger partial charge in [-0.15, -0.1) is 0 Å². The summed E-state index contributed by atoms with van der Waals surface area (Å²) in [6.45, 7) is 4.41. The minimum atomic E-state index is -0.00217. The van der Waals surface area contributed by atoms with Crippen LogP contribution in [0.2, 0.25) is 0 Å². The fourth-order valence-electron chi connectivity index (χ4n) is 1.54. The van der Waals surface area contributed by atoms with Crippen LogP contribution in [0, 0.1) is 13.8 Å². The van der Waals surface area contributed by atoms with E-state index in [2.05, 4.69) is 27.3 Å². The zero-order valence-electron chi connectivity index (χ0n) is 10.1. The Balaban J connectivity index is 2.85. The summed E-state index contributed by atoms with van der Waals surface area (Å²) in [5.41, 5.74) is 3.10. The Bertz CT molecular complexity index is 379. The van der Waals surface area contributed by atoms with Crippen LogP contribution < -0.4 is 5.32 Å². The number of anilines is 1. The highest BCUT2D eigenvalue weighted by Crippen LogP contribution is 2.27. The van der Waals surface area contributed by atoms with E-state index in [4.69, 9.17) is 0 Å². The van der Waals surface area contributed by atoms with Crippen LogP contribution in [0.5, 0.6) is 0 Å². The number of likely N-dealkylation sites (N-methyl/N-ethyl adjacent to an activating group) is 1. The van der Waals surface area contributed by atoms with Crippen molar-refractivity contribution in [1.29, 1.82) is 0 Å². The molecule has 88 valence electrons. The molecule has 16 heavy (non-hydrogen) atoms. The van der Waals surface area contributed by atoms with Gasteiger partial charge >= 0.3 is 0 Å². The first kappa shape index (κ1) is 13.2. The third-order valence-electron chi connectivity index (χ3n) is 2.16. The molecule has 3 nitrogen and oxygen atoms in total. The second-order valence-corrected chi connectivity index (χ2v) is 5.08. The number of carbonyl (C=O) groups excluding carboxylic acids is 1. The van der Waals surface area contributed by atoms with Crippen LogP contribution in [0.25, 0.3) is 0 Å². The summed E-state index contributed by atoms with van der Waals surface area (Å²) in [5, 5.41) is 2.91. The molecule has 1 rings (SSSR count). The molecule has 0 fully saturated rings. The maximum Gasteiger partial charge on any atom is 0.238 e. The normalized spacial score (nSPS) is 10.6. The van der Waals surface area contributed by atoms with Crippen molar-refractivity contribution in [2.45, 2.75) is 13.8 Å². The number of rotatable bonds is 3. The zero-order chi connectivity index (χ0) is 12.3. The number of benzene rings is 1. The molecule has 1 N–H and O–H groups in total. The van der Waals surface area contributed by atoms with Crippen molar-refractivity contribution in [3.8, 4) is 0 Å². The van der Waals surface area contributed by atoms with Gasteiger partial charge in [0.1, 0.15) is 0 Å². The van der Waals surface area contributed by atoms with Crippen LogP contribution in [0.1, 0.15) is 11.1 Å². The molecule has 1 aromatic carbocycles. The summed E-state index contributed by atoms with van der Waals surface area (Å²) < 4.78 is 0.928. The molecule has 0 atom stereocenters. The molecule has 0 aliphatic rings. The van der Waals surface area contributed by atoms with Gasteiger partial charge in [0.05, 0.1) is 12.2 Å². The van der Waals surface area contributed by atoms with E-state index in [9.17, 15) is 4.79 Å². The number of hydrogen-bond acceptors (Lipinski definition) is 2. The highest BCUT2D eigenvalue weighted by atomic mass is 79.9. The van der Waals surface area contributed by atoms with Gasteiger partial charge in [-0.3, -0.25) is 4.79 Å². The van der Waals surface area contributed by atoms with Gasteiger partial charge in [-0.2, -0.15) is 0 Å². The Hall–Kier alpha value is -0.870. The number of carbonyl (C=O) groups is 1. The number of amides is 1. The third-order valence-corrected chi connectivity index (χ3v) is 2.78. The number of hydrogen-bond donors (Lipinski definition) is 1. The molecule has 0 saturated heterocycles. The van der Waals surface area contributed by atoms with Gasteiger partial charge in [0.25, 0.3) is 0 Å². The van der Waals surface area contributed by atoms with E-state index in [1.165, 1.54) is 5.56 Å². The van der Waals surface area contributed by atoms with Gasteiger partial charge in [0, 0.05) is 4.47 Å². The fraction of sp³-hybridized carbons (Fsp3) is 0.417. The minimum absolute atomic E-state index is 0.00217. The first-order chi connectivity index (χ1) is 7.40. The van der Waals surface area contributed by atoms with E-state index in [-0.39, 0.29) is 5.91 Å². The van der Waals surface area contributed by atoms with Crippen molar-refractivity contribution >= 4 is 27.5 Å². The molecule has 0 spiro atoms. The van der Waals surface area contributed by atoms with Gasteiger partial charge < -0.3 is 10.2 Å². The standard InChI is InChI=1S/C12H17BrN2O/c1-8-5-9(2)12(10(13)6-8)14-11(16)7-15(3)4/h5-6H,7H2,1-4H3,(H,14,16). The molecule has 0 heterocycles. The molecule has 0 unspecified atom stereocenters. The Labute approximate surface area is 105 Å². The average molecular weight is 285 g/mol. The number of halogens is 1. The smallest absolute Gasteiger partial charge is 0.238 e. The zero-order valence-corrected chi connectivity index (χ0v) is 11.7. The van der Waals surface area contributed by atoms with E-state index in [0.29, 0.717) is 6.54 Å². The van der Waals surface area contributed by atoms with Crippen molar-refractivity contribution in [2.75, 3.05) is 26.0 Å². The number of aryl methyl sites for hydroxylation is 2. The van der Waals surface area contributed by atoms with E-state index >= 15 is 0 Å². The predicted molar refractivity (Wildman–Crippen MR) is 70.8 cm³/mol. The number of nitrogens with one attached hydrogen (secondary N) is 1. The molecule has 0 aliphatic heterocycles. The van der Waals surface area contributed by atoms with Crippen molar-refractivity contribution in [1.82, 2.24) is 4.90 Å². The molecule has 0 aromatic heterocycles. The highest BCUT2D eigenvalue weighted by Gasteiger charge is 2.09. The maximum atomic E-state index is 11.6. The largest absolute Gasteiger partial charge is 0.324 e. The van der Waals surface area contributed by atoms with Gasteiger partial charge in [0.2, 0.25) is 5.91 Å². The Morgan fingerprint density at radius 1 is 1.38 bits per heavy atom. The SMILES string of the molecule is Cc1cc(C)c(NC(=O)CN(C)C)c(Br)c1. The van der Waals surface area contributed by atoms with E-state index in [1.807, 2.05) is 38.9 Å². The van der Waals surface area contributed by atoms with Crippen molar-refractivity contribution in [3.63, 3.8) is 0 Å². The molecule has 0 aliphatic carbocycles. The van der Waals surface area contributed by atoms with Gasteiger partial charge in [-0.05, 0) is 61.1 Å². The lowest BCUT2D eigenvalue weighted by Crippen LogP contribution is -2.27. The molecular formula is C12H17BrN2O. The van der Waals surface area contributed by atoms with Crippen LogP contribution in [-0.4, -0.2) is 31.4 Å². The molecule has 0 radical (unpaired) electrons. The Kier molecular flexibility index (Phi) is 4.50. The van der Waals surface area contributed by atoms with E-state index < -0.39 is 0 Å². The maximum absolute atomic E-state index is 11.6. The monoisotopic (exact) mass is 284 g/mol. The summed E-state index contributed by atoms with van der Waals surface area (Å²) in [7, 11) is 3.74. The summed E-state index contributed by atoms with van der Waals surface area (Å²) in [5.74, 6) is -0.00217. The molecule has 4 heteroatoms. The lowest BCUT2D eigenvalue weighted by atomic mass is 10.1. The van der Waals surface area contributed by atoms with Crippen LogP contribution in [-0.2, 0) is 4.79 Å². The van der Waals surface area contributed by atoms with Crippen LogP contribution in [0.3, 0.4) is 0 Å². The predicted octanol–water partition coefficient (Wildman–Crippen LogP) is 2.57. The fourth-order valence-corrected chi connectivity index (χ4v) is 2.31. The quantitative estimate of drug-likeness (QED) is 0.925. The molecular weight excluding hydrogens is 268 g/mol. The van der Waals surface area contributed by atoms with Crippen LogP contribution in [0.4, 0.5) is 5.69 Å². The Morgan fingerprint density at radius 2 is 2.00 bits per heavy atom. The topological polar surface area (TPSA) is 32.3 Å². The molecule has 1 aromatic rings. The summed E-state index contributed by atoms with van der Waals surface area (Å²) in [6.07, 6.45) is 0. The average Bonchev–Trinajstić information content (AvgIpc) is 2.09. The van der Waals surface area contributed by atoms with Gasteiger partial charge in [-0.1, -0.05) is 6.07 Å². The highest BCUT2D eigenvalue weighted by molar-refractivity contribution is 9.10. The van der Waals surface area contributed by atoms with Gasteiger partial charge in [-0.25, -0.2) is 0 Å². The summed E-state index contributed by atoms with van der Waals surface area (Å²) in [4.78, 5) is 13.5. The van der Waals surface area contributed by atoms with Crippen molar-refractivity contribution in [2.24, 2.45) is 0 Å². The van der Waals surface area contributed by atoms with Crippen LogP contribution in [0.15, 0.2) is 16.6 Å². The lowest BCUT2D eigenvalue weighted by Gasteiger charge is -2.14. The first-order valence-electron chi connectivity index (χ1n) is 5.11. The molecule has 0 saturated carbocycles.